The first kappa shape index (κ1) is 21.5. The molecule has 1 atom stereocenters. The van der Waals surface area contributed by atoms with Crippen molar-refractivity contribution in [3.63, 3.8) is 0 Å². The van der Waals surface area contributed by atoms with E-state index in [2.05, 4.69) is 31.3 Å². The Morgan fingerprint density at radius 3 is 2.76 bits per heavy atom. The Bertz CT molecular complexity index is 799. The van der Waals surface area contributed by atoms with E-state index in [1.165, 1.54) is 11.3 Å². The third kappa shape index (κ3) is 5.67. The van der Waals surface area contributed by atoms with Gasteiger partial charge in [-0.25, -0.2) is 0 Å². The number of amides is 1. The Balaban J connectivity index is 1.72. The van der Waals surface area contributed by atoms with E-state index in [9.17, 15) is 4.79 Å². The van der Waals surface area contributed by atoms with Crippen LogP contribution in [0.3, 0.4) is 0 Å². The van der Waals surface area contributed by atoms with Gasteiger partial charge in [0.15, 0.2) is 5.69 Å². The molecule has 0 spiro atoms. The second kappa shape index (κ2) is 10.0. The van der Waals surface area contributed by atoms with Gasteiger partial charge in [-0.05, 0) is 51.6 Å². The number of ether oxygens (including phenoxy) is 1. The van der Waals surface area contributed by atoms with Gasteiger partial charge in [0.2, 0.25) is 0 Å². The maximum atomic E-state index is 12.8. The van der Waals surface area contributed by atoms with E-state index in [0.29, 0.717) is 18.3 Å². The van der Waals surface area contributed by atoms with Gasteiger partial charge in [-0.1, -0.05) is 30.3 Å². The zero-order valence-electron chi connectivity index (χ0n) is 18.1. The molecule has 1 aliphatic carbocycles. The van der Waals surface area contributed by atoms with Crippen LogP contribution in [0.25, 0.3) is 0 Å². The molecule has 0 saturated carbocycles. The molecule has 1 aromatic heterocycles. The van der Waals surface area contributed by atoms with Crippen LogP contribution < -0.4 is 5.32 Å². The molecule has 6 nitrogen and oxygen atoms in total. The van der Waals surface area contributed by atoms with Crippen molar-refractivity contribution >= 4 is 5.91 Å². The van der Waals surface area contributed by atoms with Crippen LogP contribution in [0.2, 0.25) is 0 Å². The minimum Gasteiger partial charge on any atom is -0.379 e. The molecule has 29 heavy (non-hydrogen) atoms. The molecule has 3 rings (SSSR count). The number of nitrogens with zero attached hydrogens (tertiary/aromatic N) is 3. The highest BCUT2D eigenvalue weighted by Crippen LogP contribution is 2.26. The van der Waals surface area contributed by atoms with Crippen molar-refractivity contribution in [2.24, 2.45) is 0 Å². The molecule has 6 heteroatoms. The molecule has 1 amide bonds. The van der Waals surface area contributed by atoms with Crippen molar-refractivity contribution in [2.45, 2.75) is 58.2 Å². The molecule has 1 unspecified atom stereocenters. The molecule has 0 aliphatic heterocycles. The first-order valence-corrected chi connectivity index (χ1v) is 10.6. The fourth-order valence-electron chi connectivity index (χ4n) is 3.83. The van der Waals surface area contributed by atoms with Gasteiger partial charge >= 0.3 is 0 Å². The smallest absolute Gasteiger partial charge is 0.274 e. The number of benzene rings is 1. The molecule has 1 aromatic carbocycles. The molecule has 0 saturated heterocycles. The van der Waals surface area contributed by atoms with Gasteiger partial charge in [-0.15, -0.1) is 0 Å². The van der Waals surface area contributed by atoms with E-state index in [1.54, 1.807) is 19.0 Å². The van der Waals surface area contributed by atoms with Crippen LogP contribution in [0.1, 0.15) is 54.0 Å². The van der Waals surface area contributed by atoms with Crippen LogP contribution in [0.15, 0.2) is 30.3 Å². The van der Waals surface area contributed by atoms with Crippen molar-refractivity contribution in [3.05, 3.63) is 52.8 Å². The van der Waals surface area contributed by atoms with Crippen LogP contribution in [0, 0.1) is 0 Å². The summed E-state index contributed by atoms with van der Waals surface area (Å²) in [7, 11) is 3.58. The Labute approximate surface area is 174 Å². The van der Waals surface area contributed by atoms with Crippen LogP contribution >= 0.6 is 0 Å². The molecule has 2 aromatic rings. The van der Waals surface area contributed by atoms with Crippen molar-refractivity contribution < 1.29 is 9.53 Å². The second-order valence-electron chi connectivity index (χ2n) is 8.28. The molecule has 1 aliphatic rings. The Hall–Kier alpha value is -2.18. The first-order valence-electron chi connectivity index (χ1n) is 10.6. The van der Waals surface area contributed by atoms with Gasteiger partial charge in [-0.3, -0.25) is 9.48 Å². The fourth-order valence-corrected chi connectivity index (χ4v) is 3.83. The second-order valence-corrected chi connectivity index (χ2v) is 8.28. The number of hydrogen-bond acceptors (Lipinski definition) is 4. The van der Waals surface area contributed by atoms with Crippen molar-refractivity contribution in [2.75, 3.05) is 27.2 Å². The number of carbonyl (C=O) groups is 1. The number of hydrogen-bond donors (Lipinski definition) is 1. The van der Waals surface area contributed by atoms with Crippen LogP contribution in [0.4, 0.5) is 0 Å². The predicted octanol–water partition coefficient (Wildman–Crippen LogP) is 2.90. The summed E-state index contributed by atoms with van der Waals surface area (Å²) in [5.74, 6) is -0.0148. The molecule has 0 fully saturated rings. The van der Waals surface area contributed by atoms with Gasteiger partial charge < -0.3 is 15.0 Å². The van der Waals surface area contributed by atoms with Crippen molar-refractivity contribution in [1.29, 1.82) is 0 Å². The maximum Gasteiger partial charge on any atom is 0.274 e. The van der Waals surface area contributed by atoms with E-state index in [4.69, 9.17) is 9.84 Å². The third-order valence-electron chi connectivity index (χ3n) is 5.34. The minimum atomic E-state index is -0.0148. The zero-order valence-corrected chi connectivity index (χ0v) is 18.1. The number of fused-ring (bicyclic) bond motifs is 1. The highest BCUT2D eigenvalue weighted by molar-refractivity contribution is 5.93. The monoisotopic (exact) mass is 398 g/mol. The van der Waals surface area contributed by atoms with Crippen molar-refractivity contribution in [1.82, 2.24) is 20.0 Å². The molecule has 0 radical (unpaired) electrons. The van der Waals surface area contributed by atoms with Crippen molar-refractivity contribution in [3.8, 4) is 0 Å². The van der Waals surface area contributed by atoms with Crippen LogP contribution in [-0.2, 0) is 24.1 Å². The van der Waals surface area contributed by atoms with E-state index >= 15 is 0 Å². The summed E-state index contributed by atoms with van der Waals surface area (Å²) in [6.07, 6.45) is 4.13. The summed E-state index contributed by atoms with van der Waals surface area (Å²) in [6, 6.07) is 10.7. The first-order chi connectivity index (χ1) is 14.0. The third-order valence-corrected chi connectivity index (χ3v) is 5.34. The highest BCUT2D eigenvalue weighted by Gasteiger charge is 2.29. The topological polar surface area (TPSA) is 59.4 Å². The SMILES string of the molecule is CC(C)OCCCNC1CCc2c(c(C(=O)N(C)C)nn2Cc2ccccc2)C1. The summed E-state index contributed by atoms with van der Waals surface area (Å²) in [5.41, 5.74) is 4.13. The molecule has 158 valence electrons. The lowest BCUT2D eigenvalue weighted by molar-refractivity contribution is 0.0766. The lowest BCUT2D eigenvalue weighted by atomic mass is 9.91. The average molecular weight is 399 g/mol. The van der Waals surface area contributed by atoms with E-state index in [-0.39, 0.29) is 12.0 Å². The Kier molecular flexibility index (Phi) is 7.45. The molecular weight excluding hydrogens is 364 g/mol. The number of rotatable bonds is 9. The summed E-state index contributed by atoms with van der Waals surface area (Å²) in [5, 5.41) is 8.40. The zero-order chi connectivity index (χ0) is 20.8. The highest BCUT2D eigenvalue weighted by atomic mass is 16.5. The Morgan fingerprint density at radius 1 is 1.31 bits per heavy atom. The summed E-state index contributed by atoms with van der Waals surface area (Å²) >= 11 is 0. The minimum absolute atomic E-state index is 0.0148. The average Bonchev–Trinajstić information content (AvgIpc) is 3.05. The predicted molar refractivity (Wildman–Crippen MR) is 115 cm³/mol. The lowest BCUT2D eigenvalue weighted by Gasteiger charge is -2.25. The van der Waals surface area contributed by atoms with Crippen LogP contribution in [0.5, 0.6) is 0 Å². The van der Waals surface area contributed by atoms with E-state index in [1.807, 2.05) is 22.9 Å². The summed E-state index contributed by atoms with van der Waals surface area (Å²) in [6.45, 7) is 6.54. The normalized spacial score (nSPS) is 16.1. The molecule has 1 heterocycles. The number of carbonyl (C=O) groups excluding carboxylic acids is 1. The molecule has 1 N–H and O–H groups in total. The number of nitrogens with one attached hydrogen (secondary N) is 1. The van der Waals surface area contributed by atoms with Gasteiger partial charge in [0.05, 0.1) is 12.6 Å². The molecule has 0 bridgehead atoms. The van der Waals surface area contributed by atoms with Gasteiger partial charge in [0.25, 0.3) is 5.91 Å². The maximum absolute atomic E-state index is 12.8. The Morgan fingerprint density at radius 2 is 2.07 bits per heavy atom. The number of aromatic nitrogens is 2. The summed E-state index contributed by atoms with van der Waals surface area (Å²) in [4.78, 5) is 14.4. The van der Waals surface area contributed by atoms with Gasteiger partial charge in [0, 0.05) is 38.0 Å². The summed E-state index contributed by atoms with van der Waals surface area (Å²) < 4.78 is 7.66. The van der Waals surface area contributed by atoms with Gasteiger partial charge in [-0.2, -0.15) is 5.10 Å². The quantitative estimate of drug-likeness (QED) is 0.660. The van der Waals surface area contributed by atoms with E-state index in [0.717, 1.165) is 44.4 Å². The molecular formula is C23H34N4O2. The lowest BCUT2D eigenvalue weighted by Crippen LogP contribution is -2.36. The van der Waals surface area contributed by atoms with E-state index < -0.39 is 0 Å². The van der Waals surface area contributed by atoms with Gasteiger partial charge in [0.1, 0.15) is 0 Å². The fraction of sp³-hybridized carbons (Fsp3) is 0.565. The largest absolute Gasteiger partial charge is 0.379 e. The van der Waals surface area contributed by atoms with Crippen LogP contribution in [-0.4, -0.2) is 60.0 Å². The standard InChI is InChI=1S/C23H34N4O2/c1-17(2)29-14-8-13-24-19-11-12-21-20(15-19)22(23(28)26(3)4)25-27(21)16-18-9-6-5-7-10-18/h5-7,9-10,17,19,24H,8,11-16H2,1-4H3.